The molecule has 2 N–H and O–H groups in total. The molecule has 1 unspecified atom stereocenters. The number of nitrogens with zero attached hydrogens (tertiary/aromatic N) is 2. The summed E-state index contributed by atoms with van der Waals surface area (Å²) in [5, 5.41) is 6.39. The van der Waals surface area contributed by atoms with Gasteiger partial charge in [0.2, 0.25) is 5.88 Å². The summed E-state index contributed by atoms with van der Waals surface area (Å²) in [7, 11) is -2.96. The Morgan fingerprint density at radius 2 is 1.97 bits per heavy atom. The summed E-state index contributed by atoms with van der Waals surface area (Å²) in [6, 6.07) is 11.1. The van der Waals surface area contributed by atoms with E-state index in [-0.39, 0.29) is 41.5 Å². The van der Waals surface area contributed by atoms with Gasteiger partial charge in [-0.2, -0.15) is 0 Å². The predicted octanol–water partition coefficient (Wildman–Crippen LogP) is 3.52. The summed E-state index contributed by atoms with van der Waals surface area (Å²) < 4.78 is 35.3. The lowest BCUT2D eigenvalue weighted by Crippen LogP contribution is -2.44. The van der Waals surface area contributed by atoms with Crippen LogP contribution in [0.15, 0.2) is 47.6 Å². The molecule has 176 valence electrons. The highest BCUT2D eigenvalue weighted by Gasteiger charge is 2.28. The quantitative estimate of drug-likeness (QED) is 0.269. The molecule has 0 radical (unpaired) electrons. The van der Waals surface area contributed by atoms with Gasteiger partial charge in [-0.3, -0.25) is 0 Å². The van der Waals surface area contributed by atoms with E-state index < -0.39 is 9.84 Å². The molecule has 8 nitrogen and oxygen atoms in total. The fourth-order valence-electron chi connectivity index (χ4n) is 3.19. The van der Waals surface area contributed by atoms with Crippen molar-refractivity contribution in [1.29, 1.82) is 0 Å². The molecule has 0 saturated carbocycles. The number of rotatable bonds is 9. The number of sulfone groups is 1. The van der Waals surface area contributed by atoms with Crippen LogP contribution >= 0.6 is 24.0 Å². The van der Waals surface area contributed by atoms with E-state index >= 15 is 0 Å². The van der Waals surface area contributed by atoms with Crippen LogP contribution in [0.2, 0.25) is 0 Å². The third-order valence-electron chi connectivity index (χ3n) is 4.69. The number of pyridine rings is 1. The highest BCUT2D eigenvalue weighted by molar-refractivity contribution is 14.0. The number of aliphatic imine (C=N–C) groups is 1. The van der Waals surface area contributed by atoms with Crippen LogP contribution in [-0.2, 0) is 16.4 Å². The largest absolute Gasteiger partial charge is 0.490 e. The number of para-hydroxylation sites is 2. The fourth-order valence-corrected chi connectivity index (χ4v) is 4.87. The first-order valence-electron chi connectivity index (χ1n) is 10.6. The minimum atomic E-state index is -2.96. The molecular formula is C22H31IN4O4S. The Morgan fingerprint density at radius 1 is 1.19 bits per heavy atom. The molecule has 1 saturated heterocycles. The van der Waals surface area contributed by atoms with Gasteiger partial charge in [-0.05, 0) is 38.0 Å². The number of ether oxygens (including phenoxy) is 2. The second-order valence-electron chi connectivity index (χ2n) is 7.30. The van der Waals surface area contributed by atoms with Crippen molar-refractivity contribution in [2.45, 2.75) is 39.3 Å². The molecule has 2 aromatic rings. The van der Waals surface area contributed by atoms with Crippen LogP contribution in [0.4, 0.5) is 0 Å². The maximum atomic E-state index is 11.7. The molecule has 1 atom stereocenters. The molecule has 1 aliphatic heterocycles. The van der Waals surface area contributed by atoms with Crippen molar-refractivity contribution in [3.63, 3.8) is 0 Å². The SMILES string of the molecule is CCCOc1ccccc1Oc1ncccc1CN=C(NCC)NC1CCS(=O)(=O)C1.I. The number of hydrogen-bond acceptors (Lipinski definition) is 6. The molecule has 2 heterocycles. The Labute approximate surface area is 207 Å². The Balaban J connectivity index is 0.00000363. The summed E-state index contributed by atoms with van der Waals surface area (Å²) in [4.78, 5) is 8.99. The van der Waals surface area contributed by atoms with Crippen molar-refractivity contribution in [2.75, 3.05) is 24.7 Å². The summed E-state index contributed by atoms with van der Waals surface area (Å²) >= 11 is 0. The van der Waals surface area contributed by atoms with E-state index in [4.69, 9.17) is 9.47 Å². The maximum absolute atomic E-state index is 11.7. The van der Waals surface area contributed by atoms with Crippen LogP contribution in [0.1, 0.15) is 32.3 Å². The molecule has 0 bridgehead atoms. The molecule has 0 amide bonds. The lowest BCUT2D eigenvalue weighted by molar-refractivity contribution is 0.300. The summed E-state index contributed by atoms with van der Waals surface area (Å²) in [6.07, 6.45) is 3.16. The minimum Gasteiger partial charge on any atom is -0.490 e. The van der Waals surface area contributed by atoms with E-state index in [0.717, 1.165) is 12.0 Å². The van der Waals surface area contributed by atoms with Gasteiger partial charge in [0.25, 0.3) is 0 Å². The summed E-state index contributed by atoms with van der Waals surface area (Å²) in [5.41, 5.74) is 0.809. The lowest BCUT2D eigenvalue weighted by Gasteiger charge is -2.16. The first kappa shape index (κ1) is 26.2. The Hall–Kier alpha value is -2.08. The Kier molecular flexibility index (Phi) is 10.5. The van der Waals surface area contributed by atoms with E-state index in [2.05, 4.69) is 27.5 Å². The van der Waals surface area contributed by atoms with Crippen LogP contribution in [-0.4, -0.2) is 50.1 Å². The average Bonchev–Trinajstić information content (AvgIpc) is 3.10. The van der Waals surface area contributed by atoms with Gasteiger partial charge in [0.1, 0.15) is 0 Å². The minimum absolute atomic E-state index is 0. The molecule has 1 aromatic heterocycles. The number of nitrogens with one attached hydrogen (secondary N) is 2. The van der Waals surface area contributed by atoms with Gasteiger partial charge in [0.15, 0.2) is 27.3 Å². The second kappa shape index (κ2) is 12.8. The van der Waals surface area contributed by atoms with Gasteiger partial charge < -0.3 is 20.1 Å². The molecule has 0 spiro atoms. The van der Waals surface area contributed by atoms with E-state index in [0.29, 0.717) is 49.5 Å². The first-order valence-corrected chi connectivity index (χ1v) is 12.4. The molecular weight excluding hydrogens is 543 g/mol. The van der Waals surface area contributed by atoms with Crippen molar-refractivity contribution >= 4 is 39.8 Å². The Morgan fingerprint density at radius 3 is 2.66 bits per heavy atom. The molecule has 0 aliphatic carbocycles. The van der Waals surface area contributed by atoms with Crippen molar-refractivity contribution in [3.8, 4) is 17.4 Å². The number of guanidine groups is 1. The number of halogens is 1. The topological polar surface area (TPSA) is 102 Å². The van der Waals surface area contributed by atoms with Crippen LogP contribution in [0.5, 0.6) is 17.4 Å². The third kappa shape index (κ3) is 7.80. The van der Waals surface area contributed by atoms with Crippen molar-refractivity contribution in [3.05, 3.63) is 48.2 Å². The van der Waals surface area contributed by atoms with Gasteiger partial charge in [-0.15, -0.1) is 24.0 Å². The van der Waals surface area contributed by atoms with Crippen molar-refractivity contribution < 1.29 is 17.9 Å². The predicted molar refractivity (Wildman–Crippen MR) is 137 cm³/mol. The monoisotopic (exact) mass is 574 g/mol. The smallest absolute Gasteiger partial charge is 0.224 e. The third-order valence-corrected chi connectivity index (χ3v) is 6.46. The van der Waals surface area contributed by atoms with Crippen molar-refractivity contribution in [1.82, 2.24) is 15.6 Å². The normalized spacial score (nSPS) is 17.3. The maximum Gasteiger partial charge on any atom is 0.224 e. The van der Waals surface area contributed by atoms with Gasteiger partial charge in [0.05, 0.1) is 24.7 Å². The van der Waals surface area contributed by atoms with Gasteiger partial charge >= 0.3 is 0 Å². The van der Waals surface area contributed by atoms with Gasteiger partial charge in [-0.25, -0.2) is 18.4 Å². The zero-order chi connectivity index (χ0) is 22.1. The van der Waals surface area contributed by atoms with E-state index in [1.54, 1.807) is 6.20 Å². The highest BCUT2D eigenvalue weighted by atomic mass is 127. The van der Waals surface area contributed by atoms with Crippen LogP contribution < -0.4 is 20.1 Å². The van der Waals surface area contributed by atoms with E-state index in [9.17, 15) is 8.42 Å². The van der Waals surface area contributed by atoms with Crippen LogP contribution in [0, 0.1) is 0 Å². The molecule has 1 aliphatic rings. The van der Waals surface area contributed by atoms with Crippen LogP contribution in [0.3, 0.4) is 0 Å². The molecule has 10 heteroatoms. The Bertz CT molecular complexity index is 1000. The molecule has 32 heavy (non-hydrogen) atoms. The summed E-state index contributed by atoms with van der Waals surface area (Å²) in [6.45, 7) is 5.62. The number of hydrogen-bond donors (Lipinski definition) is 2. The lowest BCUT2D eigenvalue weighted by atomic mass is 10.2. The second-order valence-corrected chi connectivity index (χ2v) is 9.53. The number of aromatic nitrogens is 1. The standard InChI is InChI=1S/C22H30N4O4S.HI/c1-3-13-29-19-9-5-6-10-20(19)30-21-17(8-7-12-24-21)15-25-22(23-4-2)26-18-11-14-31(27,28)16-18;/h5-10,12,18H,3-4,11,13-16H2,1-2H3,(H2,23,25,26);1H. The van der Waals surface area contributed by atoms with Gasteiger partial charge in [-0.1, -0.05) is 25.1 Å². The molecule has 3 rings (SSSR count). The molecule has 1 aromatic carbocycles. The molecule has 1 fully saturated rings. The number of benzene rings is 1. The van der Waals surface area contributed by atoms with E-state index in [1.165, 1.54) is 0 Å². The fraction of sp³-hybridized carbons (Fsp3) is 0.455. The average molecular weight is 574 g/mol. The zero-order valence-corrected chi connectivity index (χ0v) is 21.6. The summed E-state index contributed by atoms with van der Waals surface area (Å²) in [5.74, 6) is 2.64. The van der Waals surface area contributed by atoms with E-state index in [1.807, 2.05) is 43.3 Å². The zero-order valence-electron chi connectivity index (χ0n) is 18.4. The van der Waals surface area contributed by atoms with Crippen LogP contribution in [0.25, 0.3) is 0 Å². The highest BCUT2D eigenvalue weighted by Crippen LogP contribution is 2.32. The van der Waals surface area contributed by atoms with Crippen molar-refractivity contribution in [2.24, 2.45) is 4.99 Å². The first-order chi connectivity index (χ1) is 15.0. The van der Waals surface area contributed by atoms with Gasteiger partial charge in [0, 0.05) is 24.3 Å².